The highest BCUT2D eigenvalue weighted by atomic mass is 16.2. The van der Waals surface area contributed by atoms with Crippen LogP contribution in [0, 0.1) is 5.92 Å². The third kappa shape index (κ3) is 1.94. The van der Waals surface area contributed by atoms with Crippen LogP contribution < -0.4 is 10.2 Å². The number of likely N-dealkylation sites (N-methyl/N-ethyl adjacent to an activating group) is 1. The highest BCUT2D eigenvalue weighted by molar-refractivity contribution is 6.11. The van der Waals surface area contributed by atoms with Crippen molar-refractivity contribution in [2.24, 2.45) is 5.92 Å². The summed E-state index contributed by atoms with van der Waals surface area (Å²) in [5.41, 5.74) is 1.67. The second-order valence-electron chi connectivity index (χ2n) is 5.34. The molecular weight excluding hydrogens is 272 g/mol. The maximum absolute atomic E-state index is 12.5. The summed E-state index contributed by atoms with van der Waals surface area (Å²) in [6.07, 6.45) is 1.28. The minimum Gasteiger partial charge on any atom is -0.314 e. The van der Waals surface area contributed by atoms with Gasteiger partial charge in [0.25, 0.3) is 0 Å². The first-order valence-electron chi connectivity index (χ1n) is 6.74. The van der Waals surface area contributed by atoms with Crippen molar-refractivity contribution in [1.29, 1.82) is 0 Å². The second kappa shape index (κ2) is 4.80. The Hall–Kier alpha value is -2.50. The number of carbonyl (C=O) groups is 4. The molecule has 1 aromatic carbocycles. The molecule has 2 unspecified atom stereocenters. The lowest BCUT2D eigenvalue weighted by Gasteiger charge is -2.25. The maximum Gasteiger partial charge on any atom is 0.235 e. The van der Waals surface area contributed by atoms with Crippen LogP contribution in [-0.2, 0) is 14.4 Å². The van der Waals surface area contributed by atoms with Gasteiger partial charge in [0.1, 0.15) is 0 Å². The number of carbonyl (C=O) groups excluding carboxylic acids is 4. The third-order valence-electron chi connectivity index (χ3n) is 4.18. The van der Waals surface area contributed by atoms with Crippen LogP contribution in [-0.4, -0.2) is 31.1 Å². The van der Waals surface area contributed by atoms with Crippen molar-refractivity contribution in [3.63, 3.8) is 0 Å². The number of aldehydes is 1. The Labute approximate surface area is 121 Å². The molecule has 0 aliphatic carbocycles. The lowest BCUT2D eigenvalue weighted by Crippen LogP contribution is -2.44. The van der Waals surface area contributed by atoms with Crippen molar-refractivity contribution < 1.29 is 19.2 Å². The van der Waals surface area contributed by atoms with E-state index in [1.807, 2.05) is 0 Å². The zero-order valence-corrected chi connectivity index (χ0v) is 11.5. The predicted molar refractivity (Wildman–Crippen MR) is 73.9 cm³/mol. The number of hydrogen-bond acceptors (Lipinski definition) is 4. The third-order valence-corrected chi connectivity index (χ3v) is 4.18. The molecule has 0 spiro atoms. The summed E-state index contributed by atoms with van der Waals surface area (Å²) in [5.74, 6) is -2.13. The molecule has 2 heterocycles. The fourth-order valence-corrected chi connectivity index (χ4v) is 3.18. The van der Waals surface area contributed by atoms with Gasteiger partial charge in [-0.25, -0.2) is 0 Å². The lowest BCUT2D eigenvalue weighted by molar-refractivity contribution is -0.139. The van der Waals surface area contributed by atoms with Crippen LogP contribution in [0.25, 0.3) is 0 Å². The number of para-hydroxylation sites is 1. The number of nitrogens with one attached hydrogen (secondary N) is 1. The van der Waals surface area contributed by atoms with Gasteiger partial charge in [0.05, 0.1) is 17.5 Å². The van der Waals surface area contributed by atoms with Crippen molar-refractivity contribution in [1.82, 2.24) is 5.32 Å². The van der Waals surface area contributed by atoms with Gasteiger partial charge in [0.2, 0.25) is 17.7 Å². The molecule has 2 aliphatic heterocycles. The van der Waals surface area contributed by atoms with Crippen molar-refractivity contribution in [2.75, 3.05) is 11.9 Å². The lowest BCUT2D eigenvalue weighted by atomic mass is 9.81. The summed E-state index contributed by atoms with van der Waals surface area (Å²) in [5, 5.41) is 2.28. The molecule has 6 heteroatoms. The number of piperidine rings is 1. The molecule has 2 atom stereocenters. The number of anilines is 1. The summed E-state index contributed by atoms with van der Waals surface area (Å²) >= 11 is 0. The van der Waals surface area contributed by atoms with E-state index in [0.717, 1.165) is 0 Å². The van der Waals surface area contributed by atoms with Crippen molar-refractivity contribution in [2.45, 2.75) is 18.8 Å². The molecule has 0 aromatic heterocycles. The van der Waals surface area contributed by atoms with Crippen molar-refractivity contribution in [3.8, 4) is 0 Å². The Morgan fingerprint density at radius 2 is 2.05 bits per heavy atom. The standard InChI is InChI=1S/C15H14N2O4/c1-17-13-8(7-18)3-2-4-9(13)12(15(17)21)10-5-6-11(19)16-14(10)20/h2-4,7,10,12H,5-6H2,1H3,(H,16,19,20). The molecule has 2 aliphatic rings. The minimum absolute atomic E-state index is 0.214. The molecule has 3 amide bonds. The van der Waals surface area contributed by atoms with Crippen LogP contribution in [0.3, 0.4) is 0 Å². The predicted octanol–water partition coefficient (Wildman–Crippen LogP) is 0.612. The van der Waals surface area contributed by atoms with E-state index in [4.69, 9.17) is 0 Å². The van der Waals surface area contributed by atoms with Gasteiger partial charge >= 0.3 is 0 Å². The van der Waals surface area contributed by atoms with E-state index < -0.39 is 17.7 Å². The zero-order valence-electron chi connectivity index (χ0n) is 11.5. The fraction of sp³-hybridized carbons (Fsp3) is 0.333. The van der Waals surface area contributed by atoms with E-state index in [1.54, 1.807) is 25.2 Å². The number of fused-ring (bicyclic) bond motifs is 1. The van der Waals surface area contributed by atoms with Crippen LogP contribution in [0.1, 0.15) is 34.7 Å². The molecule has 108 valence electrons. The minimum atomic E-state index is -0.627. The van der Waals surface area contributed by atoms with E-state index in [1.165, 1.54) is 4.90 Å². The van der Waals surface area contributed by atoms with Gasteiger partial charge in [0.15, 0.2) is 6.29 Å². The Kier molecular flexibility index (Phi) is 3.08. The summed E-state index contributed by atoms with van der Waals surface area (Å²) in [6.45, 7) is 0. The molecule has 1 aromatic rings. The molecule has 1 N–H and O–H groups in total. The van der Waals surface area contributed by atoms with E-state index in [9.17, 15) is 19.2 Å². The van der Waals surface area contributed by atoms with Gasteiger partial charge in [-0.1, -0.05) is 12.1 Å². The number of nitrogens with zero attached hydrogens (tertiary/aromatic N) is 1. The Bertz CT molecular complexity index is 668. The largest absolute Gasteiger partial charge is 0.314 e. The second-order valence-corrected chi connectivity index (χ2v) is 5.34. The number of amides is 3. The van der Waals surface area contributed by atoms with E-state index in [2.05, 4.69) is 5.32 Å². The summed E-state index contributed by atoms with van der Waals surface area (Å²) in [6, 6.07) is 5.11. The van der Waals surface area contributed by atoms with Gasteiger partial charge in [-0.15, -0.1) is 0 Å². The smallest absolute Gasteiger partial charge is 0.235 e. The Morgan fingerprint density at radius 1 is 1.29 bits per heavy atom. The first-order chi connectivity index (χ1) is 10.0. The number of imide groups is 1. The number of rotatable bonds is 2. The van der Waals surface area contributed by atoms with Crippen LogP contribution in [0.4, 0.5) is 5.69 Å². The maximum atomic E-state index is 12.5. The Balaban J connectivity index is 2.06. The average Bonchev–Trinajstić information content (AvgIpc) is 2.72. The molecule has 0 saturated carbocycles. The molecule has 0 bridgehead atoms. The number of benzene rings is 1. The van der Waals surface area contributed by atoms with Crippen molar-refractivity contribution in [3.05, 3.63) is 29.3 Å². The zero-order chi connectivity index (χ0) is 15.1. The first kappa shape index (κ1) is 13.5. The Morgan fingerprint density at radius 3 is 2.71 bits per heavy atom. The van der Waals surface area contributed by atoms with E-state index in [-0.39, 0.29) is 18.2 Å². The van der Waals surface area contributed by atoms with Gasteiger partial charge < -0.3 is 4.90 Å². The average molecular weight is 286 g/mol. The van der Waals surface area contributed by atoms with Crippen LogP contribution >= 0.6 is 0 Å². The topological polar surface area (TPSA) is 83.6 Å². The van der Waals surface area contributed by atoms with E-state index in [0.29, 0.717) is 29.5 Å². The van der Waals surface area contributed by atoms with Gasteiger partial charge in [-0.3, -0.25) is 24.5 Å². The molecule has 1 saturated heterocycles. The highest BCUT2D eigenvalue weighted by Crippen LogP contribution is 2.44. The summed E-state index contributed by atoms with van der Waals surface area (Å²) in [4.78, 5) is 48.4. The molecule has 21 heavy (non-hydrogen) atoms. The van der Waals surface area contributed by atoms with Crippen LogP contribution in [0.15, 0.2) is 18.2 Å². The summed E-state index contributed by atoms with van der Waals surface area (Å²) in [7, 11) is 1.60. The van der Waals surface area contributed by atoms with Gasteiger partial charge in [-0.05, 0) is 18.1 Å². The molecule has 6 nitrogen and oxygen atoms in total. The molecule has 0 radical (unpaired) electrons. The fourth-order valence-electron chi connectivity index (χ4n) is 3.18. The van der Waals surface area contributed by atoms with Gasteiger partial charge in [0, 0.05) is 19.0 Å². The molecule has 3 rings (SSSR count). The molecular formula is C15H14N2O4. The van der Waals surface area contributed by atoms with Crippen molar-refractivity contribution >= 4 is 29.7 Å². The SMILES string of the molecule is CN1C(=O)C(C2CCC(=O)NC2=O)c2cccc(C=O)c21. The monoisotopic (exact) mass is 286 g/mol. The van der Waals surface area contributed by atoms with Crippen LogP contribution in [0.2, 0.25) is 0 Å². The quantitative estimate of drug-likeness (QED) is 0.638. The highest BCUT2D eigenvalue weighted by Gasteiger charge is 2.45. The first-order valence-corrected chi connectivity index (χ1v) is 6.74. The summed E-state index contributed by atoms with van der Waals surface area (Å²) < 4.78 is 0. The van der Waals surface area contributed by atoms with E-state index >= 15 is 0 Å². The normalized spacial score (nSPS) is 24.8. The van der Waals surface area contributed by atoms with Crippen LogP contribution in [0.5, 0.6) is 0 Å². The van der Waals surface area contributed by atoms with Gasteiger partial charge in [-0.2, -0.15) is 0 Å². The molecule has 1 fully saturated rings. The number of hydrogen-bond donors (Lipinski definition) is 1.